The second-order valence-electron chi connectivity index (χ2n) is 7.94. The van der Waals surface area contributed by atoms with Gasteiger partial charge in [0.2, 0.25) is 0 Å². The van der Waals surface area contributed by atoms with Crippen LogP contribution in [0.25, 0.3) is 60.2 Å². The molecule has 0 aliphatic carbocycles. The van der Waals surface area contributed by atoms with Gasteiger partial charge in [-0.1, -0.05) is 60.7 Å². The molecule has 146 valence electrons. The third-order valence-electron chi connectivity index (χ3n) is 6.24. The van der Waals surface area contributed by atoms with Crippen LogP contribution in [0, 0.1) is 0 Å². The fourth-order valence-corrected chi connectivity index (χ4v) is 5.29. The Hall–Kier alpha value is -3.56. The summed E-state index contributed by atoms with van der Waals surface area (Å²) in [7, 11) is 0. The highest BCUT2D eigenvalue weighted by atomic mass is 79.9. The van der Waals surface area contributed by atoms with Crippen LogP contribution in [0.1, 0.15) is 0 Å². The summed E-state index contributed by atoms with van der Waals surface area (Å²) >= 11 is 3.70. The summed E-state index contributed by atoms with van der Waals surface area (Å²) < 4.78 is 9.61. The number of rotatable bonds is 1. The lowest BCUT2D eigenvalue weighted by atomic mass is 10.1. The maximum Gasteiger partial charge on any atom is 0.151 e. The summed E-state index contributed by atoms with van der Waals surface area (Å²) in [4.78, 5) is 0. The molecule has 0 spiro atoms. The van der Waals surface area contributed by atoms with Gasteiger partial charge in [0.05, 0.1) is 26.6 Å². The quantitative estimate of drug-likeness (QED) is 0.239. The van der Waals surface area contributed by atoms with Gasteiger partial charge in [0.15, 0.2) is 5.58 Å². The summed E-state index contributed by atoms with van der Waals surface area (Å²) in [5, 5.41) is 7.27. The average molecular weight is 462 g/mol. The van der Waals surface area contributed by atoms with E-state index in [1.807, 2.05) is 12.1 Å². The van der Waals surface area contributed by atoms with Crippen LogP contribution in [-0.2, 0) is 0 Å². The number of aromatic nitrogens is 1. The van der Waals surface area contributed by atoms with Crippen LogP contribution < -0.4 is 0 Å². The fraction of sp³-hybridized carbons (Fsp3) is 0. The summed E-state index contributed by atoms with van der Waals surface area (Å²) in [5.41, 5.74) is 5.31. The lowest BCUT2D eigenvalue weighted by Crippen LogP contribution is -1.95. The minimum Gasteiger partial charge on any atom is -0.455 e. The molecule has 0 radical (unpaired) electrons. The van der Waals surface area contributed by atoms with E-state index in [0.29, 0.717) is 0 Å². The van der Waals surface area contributed by atoms with Crippen molar-refractivity contribution in [3.05, 3.63) is 102 Å². The predicted octanol–water partition coefficient (Wildman–Crippen LogP) is 8.60. The van der Waals surface area contributed by atoms with E-state index in [0.717, 1.165) is 32.1 Å². The van der Waals surface area contributed by atoms with Crippen molar-refractivity contribution in [1.29, 1.82) is 0 Å². The highest BCUT2D eigenvalue weighted by Crippen LogP contribution is 2.41. The number of nitrogens with zero attached hydrogens (tertiary/aromatic N) is 1. The predicted molar refractivity (Wildman–Crippen MR) is 133 cm³/mol. The minimum absolute atomic E-state index is 0.880. The van der Waals surface area contributed by atoms with Gasteiger partial charge in [-0.05, 0) is 63.1 Å². The van der Waals surface area contributed by atoms with Crippen molar-refractivity contribution in [2.45, 2.75) is 0 Å². The summed E-state index contributed by atoms with van der Waals surface area (Å²) in [6.45, 7) is 0. The molecule has 3 heteroatoms. The first-order valence-corrected chi connectivity index (χ1v) is 11.1. The van der Waals surface area contributed by atoms with E-state index >= 15 is 0 Å². The summed E-state index contributed by atoms with van der Waals surface area (Å²) in [6.07, 6.45) is 0. The molecular formula is C28H16BrNO. The number of hydrogen-bond acceptors (Lipinski definition) is 1. The molecule has 0 saturated heterocycles. The number of hydrogen-bond donors (Lipinski definition) is 0. The molecule has 0 fully saturated rings. The van der Waals surface area contributed by atoms with E-state index in [1.165, 1.54) is 32.6 Å². The second kappa shape index (κ2) is 6.22. The number of furan rings is 1. The zero-order valence-corrected chi connectivity index (χ0v) is 18.1. The molecule has 2 aromatic heterocycles. The van der Waals surface area contributed by atoms with Crippen molar-refractivity contribution < 1.29 is 4.42 Å². The van der Waals surface area contributed by atoms with Crippen LogP contribution >= 0.6 is 15.9 Å². The van der Waals surface area contributed by atoms with Crippen LogP contribution in [0.4, 0.5) is 0 Å². The molecule has 0 aliphatic rings. The molecule has 0 atom stereocenters. The normalized spacial score (nSPS) is 12.0. The summed E-state index contributed by atoms with van der Waals surface area (Å²) in [6, 6.07) is 34.4. The second-order valence-corrected chi connectivity index (χ2v) is 8.79. The Morgan fingerprint density at radius 1 is 0.613 bits per heavy atom. The Kier molecular flexibility index (Phi) is 3.44. The SMILES string of the molecule is Brc1ccc(-n2c3ccccc3c3cc4ccccc4cc32)c2c1oc1ccccc12. The Bertz CT molecular complexity index is 1810. The fourth-order valence-electron chi connectivity index (χ4n) is 4.88. The van der Waals surface area contributed by atoms with Crippen molar-refractivity contribution in [2.75, 3.05) is 0 Å². The Labute approximate surface area is 186 Å². The first-order valence-electron chi connectivity index (χ1n) is 10.3. The number of para-hydroxylation sites is 2. The van der Waals surface area contributed by atoms with Crippen LogP contribution in [-0.4, -0.2) is 4.57 Å². The molecule has 2 nitrogen and oxygen atoms in total. The van der Waals surface area contributed by atoms with Gasteiger partial charge in [-0.25, -0.2) is 0 Å². The third kappa shape index (κ3) is 2.32. The Balaban J connectivity index is 1.73. The first kappa shape index (κ1) is 17.2. The average Bonchev–Trinajstić information content (AvgIpc) is 3.35. The molecule has 2 heterocycles. The number of benzene rings is 5. The van der Waals surface area contributed by atoms with E-state index in [-0.39, 0.29) is 0 Å². The molecule has 0 aliphatic heterocycles. The van der Waals surface area contributed by atoms with Crippen molar-refractivity contribution in [3.63, 3.8) is 0 Å². The van der Waals surface area contributed by atoms with E-state index in [9.17, 15) is 0 Å². The van der Waals surface area contributed by atoms with Crippen molar-refractivity contribution in [3.8, 4) is 5.69 Å². The van der Waals surface area contributed by atoms with Crippen LogP contribution in [0.3, 0.4) is 0 Å². The smallest absolute Gasteiger partial charge is 0.151 e. The Morgan fingerprint density at radius 3 is 2.19 bits per heavy atom. The van der Waals surface area contributed by atoms with Crippen molar-refractivity contribution >= 4 is 70.4 Å². The molecule has 0 bridgehead atoms. The van der Waals surface area contributed by atoms with Gasteiger partial charge in [0, 0.05) is 16.2 Å². The van der Waals surface area contributed by atoms with Crippen molar-refractivity contribution in [2.24, 2.45) is 0 Å². The van der Waals surface area contributed by atoms with Gasteiger partial charge in [-0.2, -0.15) is 0 Å². The molecule has 31 heavy (non-hydrogen) atoms. The highest BCUT2D eigenvalue weighted by Gasteiger charge is 2.19. The minimum atomic E-state index is 0.880. The third-order valence-corrected chi connectivity index (χ3v) is 6.86. The van der Waals surface area contributed by atoms with Crippen LogP contribution in [0.2, 0.25) is 0 Å². The molecule has 0 unspecified atom stereocenters. The van der Waals surface area contributed by atoms with Gasteiger partial charge >= 0.3 is 0 Å². The monoisotopic (exact) mass is 461 g/mol. The number of fused-ring (bicyclic) bond motifs is 7. The lowest BCUT2D eigenvalue weighted by Gasteiger charge is -2.11. The van der Waals surface area contributed by atoms with Gasteiger partial charge in [-0.15, -0.1) is 0 Å². The molecule has 0 amide bonds. The maximum absolute atomic E-state index is 6.26. The molecule has 7 rings (SSSR count). The van der Waals surface area contributed by atoms with Gasteiger partial charge in [0.1, 0.15) is 5.58 Å². The molecule has 5 aromatic carbocycles. The maximum atomic E-state index is 6.26. The van der Waals surface area contributed by atoms with Crippen LogP contribution in [0.5, 0.6) is 0 Å². The van der Waals surface area contributed by atoms with Crippen molar-refractivity contribution in [1.82, 2.24) is 4.57 Å². The summed E-state index contributed by atoms with van der Waals surface area (Å²) in [5.74, 6) is 0. The van der Waals surface area contributed by atoms with E-state index in [4.69, 9.17) is 4.42 Å². The van der Waals surface area contributed by atoms with Gasteiger partial charge in [-0.3, -0.25) is 0 Å². The van der Waals surface area contributed by atoms with Gasteiger partial charge in [0.25, 0.3) is 0 Å². The van der Waals surface area contributed by atoms with E-state index in [2.05, 4.69) is 105 Å². The van der Waals surface area contributed by atoms with E-state index in [1.54, 1.807) is 0 Å². The molecule has 0 saturated carbocycles. The topological polar surface area (TPSA) is 18.1 Å². The highest BCUT2D eigenvalue weighted by molar-refractivity contribution is 9.10. The molecule has 0 N–H and O–H groups in total. The van der Waals surface area contributed by atoms with E-state index < -0.39 is 0 Å². The lowest BCUT2D eigenvalue weighted by molar-refractivity contribution is 0.666. The Morgan fingerprint density at radius 2 is 1.32 bits per heavy atom. The largest absolute Gasteiger partial charge is 0.455 e. The standard InChI is InChI=1S/C28H16BrNO/c29-22-13-14-24(27-20-10-4-6-12-26(20)31-28(22)27)30-23-11-5-3-9-19(23)21-15-17-7-1-2-8-18(17)16-25(21)30/h1-16H. The van der Waals surface area contributed by atoms with Gasteiger partial charge < -0.3 is 8.98 Å². The molecule has 7 aromatic rings. The first-order chi connectivity index (χ1) is 15.3. The van der Waals surface area contributed by atoms with Crippen LogP contribution in [0.15, 0.2) is 106 Å². The number of halogens is 1. The molecular weight excluding hydrogens is 446 g/mol. The zero-order valence-electron chi connectivity index (χ0n) is 16.5. The zero-order chi connectivity index (χ0) is 20.5.